The zero-order chi connectivity index (χ0) is 19.7. The molecular weight excluding hydrogens is 370 g/mol. The largest absolute Gasteiger partial charge is 0.288 e. The highest BCUT2D eigenvalue weighted by Gasteiger charge is 2.17. The second-order valence-electron chi connectivity index (χ2n) is 5.89. The van der Waals surface area contributed by atoms with Gasteiger partial charge in [-0.2, -0.15) is 4.80 Å². The summed E-state index contributed by atoms with van der Waals surface area (Å²) in [4.78, 5) is 16.8. The fourth-order valence-electron chi connectivity index (χ4n) is 2.69. The van der Waals surface area contributed by atoms with Crippen molar-refractivity contribution in [2.75, 3.05) is 0 Å². The number of rotatable bonds is 4. The van der Waals surface area contributed by atoms with Crippen molar-refractivity contribution in [3.8, 4) is 11.5 Å². The highest BCUT2D eigenvalue weighted by atomic mass is 19.1. The van der Waals surface area contributed by atoms with Crippen molar-refractivity contribution in [2.45, 2.75) is 6.54 Å². The number of benzene rings is 2. The number of pyridine rings is 1. The Morgan fingerprint density at radius 3 is 2.61 bits per heavy atom. The molecule has 8 nitrogen and oxygen atoms in total. The summed E-state index contributed by atoms with van der Waals surface area (Å²) in [6, 6.07) is 12.7. The molecule has 2 N–H and O–H groups in total. The summed E-state index contributed by atoms with van der Waals surface area (Å²) in [6.07, 6.45) is 0. The van der Waals surface area contributed by atoms with Gasteiger partial charge >= 0.3 is 0 Å². The van der Waals surface area contributed by atoms with Crippen LogP contribution in [0.25, 0.3) is 22.4 Å². The molecule has 0 saturated heterocycles. The normalized spacial score (nSPS) is 11.0. The van der Waals surface area contributed by atoms with Crippen LogP contribution in [0.4, 0.5) is 8.78 Å². The number of halogens is 2. The average Bonchev–Trinajstić information content (AvgIpc) is 3.18. The van der Waals surface area contributed by atoms with Crippen LogP contribution in [-0.4, -0.2) is 36.3 Å². The molecule has 2 heterocycles. The van der Waals surface area contributed by atoms with E-state index in [1.807, 2.05) is 30.3 Å². The van der Waals surface area contributed by atoms with E-state index >= 15 is 0 Å². The van der Waals surface area contributed by atoms with Gasteiger partial charge in [-0.3, -0.25) is 10.0 Å². The number of fused-ring (bicyclic) bond motifs is 1. The fraction of sp³-hybridized carbons (Fsp3) is 0.0556. The number of amides is 1. The van der Waals surface area contributed by atoms with Crippen molar-refractivity contribution in [1.29, 1.82) is 0 Å². The van der Waals surface area contributed by atoms with Gasteiger partial charge in [0.15, 0.2) is 0 Å². The van der Waals surface area contributed by atoms with E-state index in [9.17, 15) is 13.6 Å². The molecule has 4 rings (SSSR count). The lowest BCUT2D eigenvalue weighted by atomic mass is 10.1. The van der Waals surface area contributed by atoms with Crippen molar-refractivity contribution >= 4 is 16.8 Å². The monoisotopic (exact) mass is 382 g/mol. The zero-order valence-electron chi connectivity index (χ0n) is 14.2. The van der Waals surface area contributed by atoms with E-state index in [1.54, 1.807) is 6.07 Å². The molecule has 0 saturated carbocycles. The third-order valence-corrected chi connectivity index (χ3v) is 4.08. The molecule has 2 aromatic carbocycles. The molecule has 1 amide bonds. The first-order valence-corrected chi connectivity index (χ1v) is 8.11. The summed E-state index contributed by atoms with van der Waals surface area (Å²) >= 11 is 0. The Hall–Kier alpha value is -3.79. The van der Waals surface area contributed by atoms with Crippen LogP contribution in [0.1, 0.15) is 15.9 Å². The summed E-state index contributed by atoms with van der Waals surface area (Å²) in [5.74, 6) is -2.75. The average molecular weight is 382 g/mol. The third-order valence-electron chi connectivity index (χ3n) is 4.08. The van der Waals surface area contributed by atoms with Gasteiger partial charge in [-0.1, -0.05) is 24.3 Å². The Kier molecular flexibility index (Phi) is 4.45. The van der Waals surface area contributed by atoms with Crippen LogP contribution < -0.4 is 5.48 Å². The molecule has 0 unspecified atom stereocenters. The van der Waals surface area contributed by atoms with Crippen LogP contribution in [0.5, 0.6) is 0 Å². The highest BCUT2D eigenvalue weighted by Crippen LogP contribution is 2.19. The first-order valence-electron chi connectivity index (χ1n) is 8.11. The van der Waals surface area contributed by atoms with Gasteiger partial charge in [0.05, 0.1) is 12.1 Å². The van der Waals surface area contributed by atoms with Crippen molar-refractivity contribution in [3.63, 3.8) is 0 Å². The Morgan fingerprint density at radius 1 is 1.11 bits per heavy atom. The van der Waals surface area contributed by atoms with Crippen molar-refractivity contribution in [1.82, 2.24) is 30.7 Å². The lowest BCUT2D eigenvalue weighted by molar-refractivity contribution is 0.0705. The van der Waals surface area contributed by atoms with Crippen LogP contribution in [0.15, 0.2) is 48.5 Å². The maximum Gasteiger partial charge on any atom is 0.274 e. The van der Waals surface area contributed by atoms with Gasteiger partial charge in [-0.25, -0.2) is 19.2 Å². The predicted octanol–water partition coefficient (Wildman–Crippen LogP) is 2.33. The van der Waals surface area contributed by atoms with Crippen molar-refractivity contribution in [3.05, 3.63) is 71.3 Å². The predicted molar refractivity (Wildman–Crippen MR) is 93.3 cm³/mol. The molecule has 0 bridgehead atoms. The van der Waals surface area contributed by atoms with Crippen LogP contribution in [0.2, 0.25) is 0 Å². The number of carbonyl (C=O) groups excluding carboxylic acids is 1. The Labute approximate surface area is 156 Å². The lowest BCUT2D eigenvalue weighted by Crippen LogP contribution is -2.19. The number of carbonyl (C=O) groups is 1. The minimum atomic E-state index is -1.02. The third kappa shape index (κ3) is 3.28. The molecule has 0 aliphatic rings. The number of nitrogens with one attached hydrogen (secondary N) is 1. The van der Waals surface area contributed by atoms with Crippen LogP contribution in [0, 0.1) is 11.6 Å². The van der Waals surface area contributed by atoms with Crippen LogP contribution in [0.3, 0.4) is 0 Å². The summed E-state index contributed by atoms with van der Waals surface area (Å²) < 4.78 is 28.4. The molecule has 0 spiro atoms. The molecule has 140 valence electrons. The van der Waals surface area contributed by atoms with E-state index in [0.29, 0.717) is 5.69 Å². The van der Waals surface area contributed by atoms with Gasteiger partial charge in [0.1, 0.15) is 17.3 Å². The van der Waals surface area contributed by atoms with E-state index in [4.69, 9.17) is 5.21 Å². The van der Waals surface area contributed by atoms with Gasteiger partial charge in [0, 0.05) is 16.5 Å². The van der Waals surface area contributed by atoms with Gasteiger partial charge in [-0.15, -0.1) is 10.2 Å². The quantitative estimate of drug-likeness (QED) is 0.415. The number of tetrazole rings is 1. The summed E-state index contributed by atoms with van der Waals surface area (Å²) in [5.41, 5.74) is 1.85. The maximum atomic E-state index is 14.2. The fourth-order valence-corrected chi connectivity index (χ4v) is 2.69. The lowest BCUT2D eigenvalue weighted by Gasteiger charge is -2.06. The van der Waals surface area contributed by atoms with Crippen molar-refractivity contribution < 1.29 is 18.8 Å². The molecule has 0 atom stereocenters. The Balaban J connectivity index is 1.62. The molecule has 10 heteroatoms. The Bertz CT molecular complexity index is 1170. The molecule has 0 aliphatic heterocycles. The second-order valence-corrected chi connectivity index (χ2v) is 5.89. The molecular formula is C18H12F2N6O2. The smallest absolute Gasteiger partial charge is 0.274 e. The number of para-hydroxylation sites is 1. The first kappa shape index (κ1) is 17.6. The van der Waals surface area contributed by atoms with Crippen molar-refractivity contribution in [2.24, 2.45) is 0 Å². The summed E-state index contributed by atoms with van der Waals surface area (Å²) in [5, 5.41) is 21.3. The van der Waals surface area contributed by atoms with Gasteiger partial charge in [0.2, 0.25) is 5.82 Å². The molecule has 0 fully saturated rings. The maximum absolute atomic E-state index is 14.2. The van der Waals surface area contributed by atoms with E-state index in [0.717, 1.165) is 27.8 Å². The summed E-state index contributed by atoms with van der Waals surface area (Å²) in [6.45, 7) is -0.334. The number of nitrogens with zero attached hydrogens (tertiary/aromatic N) is 5. The van der Waals surface area contributed by atoms with E-state index in [-0.39, 0.29) is 23.5 Å². The number of aromatic nitrogens is 5. The van der Waals surface area contributed by atoms with E-state index < -0.39 is 17.5 Å². The van der Waals surface area contributed by atoms with E-state index in [1.165, 1.54) is 5.48 Å². The minimum Gasteiger partial charge on any atom is -0.288 e. The molecule has 0 aliphatic carbocycles. The molecule has 4 aromatic rings. The van der Waals surface area contributed by atoms with E-state index in [2.05, 4.69) is 20.4 Å². The SMILES string of the molecule is O=C(NO)c1cc(F)c(Cn2nnc(-c3ccc4ccccc4n3)n2)c(F)c1. The highest BCUT2D eigenvalue weighted by molar-refractivity contribution is 5.93. The van der Waals surface area contributed by atoms with Gasteiger partial charge in [-0.05, 0) is 29.5 Å². The molecule has 2 aromatic heterocycles. The number of hydrogen-bond acceptors (Lipinski definition) is 6. The molecule has 28 heavy (non-hydrogen) atoms. The van der Waals surface area contributed by atoms with Crippen LogP contribution >= 0.6 is 0 Å². The van der Waals surface area contributed by atoms with Gasteiger partial charge in [0.25, 0.3) is 5.91 Å². The zero-order valence-corrected chi connectivity index (χ0v) is 14.2. The number of hydrogen-bond donors (Lipinski definition) is 2. The van der Waals surface area contributed by atoms with Gasteiger partial charge < -0.3 is 0 Å². The number of hydroxylamine groups is 1. The minimum absolute atomic E-state index is 0.211. The molecule has 0 radical (unpaired) electrons. The van der Waals surface area contributed by atoms with Crippen LogP contribution in [-0.2, 0) is 6.54 Å². The second kappa shape index (κ2) is 7.08. The standard InChI is InChI=1S/C18H12F2N6O2/c19-13-7-11(18(27)24-28)8-14(20)12(13)9-26-23-17(22-25-26)16-6-5-10-3-1-2-4-15(10)21-16/h1-8,28H,9H2,(H,24,27). The first-order chi connectivity index (χ1) is 13.5. The summed E-state index contributed by atoms with van der Waals surface area (Å²) in [7, 11) is 0. The Morgan fingerprint density at radius 2 is 1.86 bits per heavy atom. The topological polar surface area (TPSA) is 106 Å².